The summed E-state index contributed by atoms with van der Waals surface area (Å²) in [5.41, 5.74) is 7.82. The second-order valence-electron chi connectivity index (χ2n) is 7.75. The van der Waals surface area contributed by atoms with Gasteiger partial charge in [0.2, 0.25) is 0 Å². The van der Waals surface area contributed by atoms with E-state index in [0.717, 1.165) is 30.4 Å². The fraction of sp³-hybridized carbons (Fsp3) is 0.200. The molecule has 3 aromatic rings. The quantitative estimate of drug-likeness (QED) is 0.383. The average Bonchev–Trinajstić information content (AvgIpc) is 2.73. The van der Waals surface area contributed by atoms with Crippen LogP contribution >= 0.6 is 0 Å². The first-order valence-corrected chi connectivity index (χ1v) is 9.79. The van der Waals surface area contributed by atoms with Gasteiger partial charge in [0.1, 0.15) is 0 Å². The minimum Gasteiger partial charge on any atom is -0.258 e. The average molecular weight is 367 g/mol. The normalized spacial score (nSPS) is 18.1. The lowest BCUT2D eigenvalue weighted by Gasteiger charge is -2.33. The molecule has 2 aliphatic rings. The molecule has 0 aromatic heterocycles. The lowest BCUT2D eigenvalue weighted by atomic mass is 9.71. The highest BCUT2D eigenvalue weighted by Gasteiger charge is 2.30. The Morgan fingerprint density at radius 1 is 1.07 bits per heavy atom. The molecule has 0 N–H and O–H groups in total. The van der Waals surface area contributed by atoms with E-state index < -0.39 is 0 Å². The van der Waals surface area contributed by atoms with Crippen molar-refractivity contribution in [1.29, 1.82) is 0 Å². The van der Waals surface area contributed by atoms with Gasteiger partial charge in [0.05, 0.1) is 4.92 Å². The van der Waals surface area contributed by atoms with Crippen LogP contribution in [0.3, 0.4) is 0 Å². The number of nitro benzene ring substituents is 1. The van der Waals surface area contributed by atoms with Gasteiger partial charge in [-0.15, -0.1) is 0 Å². The van der Waals surface area contributed by atoms with Gasteiger partial charge in [-0.1, -0.05) is 60.2 Å². The molecular formula is C25H21NO2. The van der Waals surface area contributed by atoms with E-state index in [1.165, 1.54) is 33.0 Å². The zero-order valence-corrected chi connectivity index (χ0v) is 15.8. The van der Waals surface area contributed by atoms with Gasteiger partial charge in [0.25, 0.3) is 5.69 Å². The van der Waals surface area contributed by atoms with Crippen molar-refractivity contribution in [1.82, 2.24) is 0 Å². The molecule has 3 aromatic carbocycles. The summed E-state index contributed by atoms with van der Waals surface area (Å²) in [6.45, 7) is 2.07. The molecule has 28 heavy (non-hydrogen) atoms. The van der Waals surface area contributed by atoms with Gasteiger partial charge >= 0.3 is 0 Å². The van der Waals surface area contributed by atoms with Crippen molar-refractivity contribution < 1.29 is 4.92 Å². The van der Waals surface area contributed by atoms with E-state index in [1.54, 1.807) is 12.1 Å². The molecule has 0 spiro atoms. The van der Waals surface area contributed by atoms with Crippen LogP contribution in [0.2, 0.25) is 0 Å². The summed E-state index contributed by atoms with van der Waals surface area (Å²) < 4.78 is 0. The molecule has 1 atom stereocenters. The maximum absolute atomic E-state index is 11.4. The number of nitrogens with zero attached hydrogens (tertiary/aromatic N) is 1. The summed E-state index contributed by atoms with van der Waals surface area (Å²) in [4.78, 5) is 11.1. The van der Waals surface area contributed by atoms with Gasteiger partial charge in [-0.25, -0.2) is 0 Å². The second-order valence-corrected chi connectivity index (χ2v) is 7.75. The number of hydrogen-bond acceptors (Lipinski definition) is 2. The Hall–Kier alpha value is -3.20. The Kier molecular flexibility index (Phi) is 3.90. The van der Waals surface area contributed by atoms with Crippen molar-refractivity contribution in [3.8, 4) is 0 Å². The Balaban J connectivity index is 1.76. The van der Waals surface area contributed by atoms with Gasteiger partial charge < -0.3 is 0 Å². The molecule has 3 heteroatoms. The number of hydrogen-bond donors (Lipinski definition) is 0. The molecule has 1 unspecified atom stereocenters. The lowest BCUT2D eigenvalue weighted by Crippen LogP contribution is -2.17. The largest absolute Gasteiger partial charge is 0.269 e. The zero-order chi connectivity index (χ0) is 19.3. The highest BCUT2D eigenvalue weighted by atomic mass is 16.6. The number of rotatable bonds is 2. The highest BCUT2D eigenvalue weighted by Crippen LogP contribution is 2.47. The third-order valence-corrected chi connectivity index (χ3v) is 6.22. The van der Waals surface area contributed by atoms with Crippen molar-refractivity contribution in [3.05, 3.63) is 105 Å². The predicted octanol–water partition coefficient (Wildman–Crippen LogP) is 6.50. The first kappa shape index (κ1) is 16.9. The third kappa shape index (κ3) is 2.58. The van der Waals surface area contributed by atoms with E-state index in [1.807, 2.05) is 6.07 Å². The predicted molar refractivity (Wildman–Crippen MR) is 114 cm³/mol. The minimum absolute atomic E-state index is 0.179. The number of aryl methyl sites for hydroxylation is 1. The van der Waals surface area contributed by atoms with Crippen LogP contribution in [-0.2, 0) is 6.42 Å². The van der Waals surface area contributed by atoms with Crippen LogP contribution in [0.15, 0.2) is 72.3 Å². The van der Waals surface area contributed by atoms with E-state index in [-0.39, 0.29) is 16.5 Å². The van der Waals surface area contributed by atoms with Crippen molar-refractivity contribution >= 4 is 22.0 Å². The molecule has 0 radical (unpaired) electrons. The van der Waals surface area contributed by atoms with Gasteiger partial charge in [-0.05, 0) is 64.8 Å². The minimum atomic E-state index is -0.287. The van der Waals surface area contributed by atoms with E-state index in [0.29, 0.717) is 0 Å². The third-order valence-electron chi connectivity index (χ3n) is 6.22. The monoisotopic (exact) mass is 367 g/mol. The molecule has 0 saturated heterocycles. The highest BCUT2D eigenvalue weighted by molar-refractivity contribution is 5.94. The molecule has 5 rings (SSSR count). The summed E-state index contributed by atoms with van der Waals surface area (Å²) in [7, 11) is 0. The van der Waals surface area contributed by atoms with Crippen LogP contribution < -0.4 is 0 Å². The van der Waals surface area contributed by atoms with Gasteiger partial charge in [-0.3, -0.25) is 10.1 Å². The molecule has 2 aliphatic carbocycles. The Labute approximate surface area is 164 Å². The molecule has 0 bridgehead atoms. The van der Waals surface area contributed by atoms with Crippen LogP contribution in [0.1, 0.15) is 41.0 Å². The van der Waals surface area contributed by atoms with Crippen LogP contribution in [0.25, 0.3) is 16.3 Å². The summed E-state index contributed by atoms with van der Waals surface area (Å²) in [6.07, 6.45) is 7.45. The van der Waals surface area contributed by atoms with Crippen molar-refractivity contribution in [2.45, 2.75) is 32.1 Å². The molecule has 0 amide bonds. The Bertz CT molecular complexity index is 1190. The summed E-state index contributed by atoms with van der Waals surface area (Å²) in [6, 6.07) is 18.3. The van der Waals surface area contributed by atoms with Gasteiger partial charge in [0, 0.05) is 18.1 Å². The van der Waals surface area contributed by atoms with E-state index in [4.69, 9.17) is 0 Å². The molecule has 0 heterocycles. The van der Waals surface area contributed by atoms with Crippen molar-refractivity contribution in [3.63, 3.8) is 0 Å². The van der Waals surface area contributed by atoms with E-state index in [2.05, 4.69) is 55.5 Å². The molecular weight excluding hydrogens is 346 g/mol. The second kappa shape index (κ2) is 6.45. The maximum Gasteiger partial charge on any atom is 0.269 e. The Morgan fingerprint density at radius 2 is 1.93 bits per heavy atom. The number of benzene rings is 3. The fourth-order valence-electron chi connectivity index (χ4n) is 4.86. The standard InChI is InChI=1S/C25H21NO2/c1-16-10-12-18(26(27)28)14-23(16)25-15-24-19-7-3-2-6-17(19)11-13-22(24)20-8-4-5-9-21(20)25/h2-4,6-8,10-14,25H,5,9,15H2,1H3. The lowest BCUT2D eigenvalue weighted by molar-refractivity contribution is -0.384. The molecule has 0 aliphatic heterocycles. The van der Waals surface area contributed by atoms with Crippen LogP contribution in [0.5, 0.6) is 0 Å². The summed E-state index contributed by atoms with van der Waals surface area (Å²) in [5.74, 6) is 0.193. The first-order valence-electron chi connectivity index (χ1n) is 9.79. The number of non-ortho nitro benzene ring substituents is 1. The van der Waals surface area contributed by atoms with Crippen LogP contribution in [-0.4, -0.2) is 4.92 Å². The van der Waals surface area contributed by atoms with Crippen LogP contribution in [0.4, 0.5) is 5.69 Å². The SMILES string of the molecule is Cc1ccc([N+](=O)[O-])cc1C1Cc2c(ccc3ccccc23)C2=C1CCC=C2. The van der Waals surface area contributed by atoms with E-state index >= 15 is 0 Å². The number of allylic oxidation sites excluding steroid dienone is 4. The molecule has 3 nitrogen and oxygen atoms in total. The molecule has 0 fully saturated rings. The maximum atomic E-state index is 11.4. The van der Waals surface area contributed by atoms with Crippen molar-refractivity contribution in [2.24, 2.45) is 0 Å². The zero-order valence-electron chi connectivity index (χ0n) is 15.8. The first-order chi connectivity index (χ1) is 13.6. The van der Waals surface area contributed by atoms with Crippen LogP contribution in [0, 0.1) is 17.0 Å². The topological polar surface area (TPSA) is 43.1 Å². The van der Waals surface area contributed by atoms with Gasteiger partial charge in [-0.2, -0.15) is 0 Å². The number of nitro groups is 1. The summed E-state index contributed by atoms with van der Waals surface area (Å²) in [5, 5.41) is 13.9. The van der Waals surface area contributed by atoms with Gasteiger partial charge in [0.15, 0.2) is 0 Å². The summed E-state index contributed by atoms with van der Waals surface area (Å²) >= 11 is 0. The smallest absolute Gasteiger partial charge is 0.258 e. The number of fused-ring (bicyclic) bond motifs is 4. The molecule has 138 valence electrons. The Morgan fingerprint density at radius 3 is 2.79 bits per heavy atom. The van der Waals surface area contributed by atoms with E-state index in [9.17, 15) is 10.1 Å². The van der Waals surface area contributed by atoms with Crippen molar-refractivity contribution in [2.75, 3.05) is 0 Å². The molecule has 0 saturated carbocycles. The fourth-order valence-corrected chi connectivity index (χ4v) is 4.86.